The Bertz CT molecular complexity index is 830. The Kier molecular flexibility index (Phi) is 6.96. The Hall–Kier alpha value is -2.33. The van der Waals surface area contributed by atoms with E-state index >= 15 is 0 Å². The maximum atomic E-state index is 13.2. The molecular formula is C24H29ClN2O2. The molecule has 2 aromatic rings. The Morgan fingerprint density at radius 1 is 1.07 bits per heavy atom. The number of nitrogens with zero attached hydrogens (tertiary/aromatic N) is 1. The van der Waals surface area contributed by atoms with E-state index in [9.17, 15) is 9.59 Å². The van der Waals surface area contributed by atoms with Crippen LogP contribution in [-0.2, 0) is 16.0 Å². The van der Waals surface area contributed by atoms with E-state index in [1.165, 1.54) is 5.56 Å². The molecule has 2 amide bonds. The molecule has 1 aliphatic heterocycles. The zero-order valence-electron chi connectivity index (χ0n) is 17.2. The third-order valence-electron chi connectivity index (χ3n) is 5.93. The van der Waals surface area contributed by atoms with Gasteiger partial charge in [0.05, 0.1) is 6.42 Å². The molecule has 1 N–H and O–H groups in total. The van der Waals surface area contributed by atoms with Gasteiger partial charge in [-0.05, 0) is 55.4 Å². The summed E-state index contributed by atoms with van der Waals surface area (Å²) in [4.78, 5) is 27.7. The second-order valence-electron chi connectivity index (χ2n) is 8.01. The normalized spacial score (nSPS) is 16.9. The van der Waals surface area contributed by atoms with Crippen molar-refractivity contribution in [2.24, 2.45) is 0 Å². The van der Waals surface area contributed by atoms with Gasteiger partial charge in [-0.1, -0.05) is 61.0 Å². The van der Waals surface area contributed by atoms with E-state index in [1.807, 2.05) is 61.2 Å². The summed E-state index contributed by atoms with van der Waals surface area (Å²) in [6.45, 7) is 5.19. The average Bonchev–Trinajstić information content (AvgIpc) is 2.74. The second kappa shape index (κ2) is 9.45. The van der Waals surface area contributed by atoms with Gasteiger partial charge in [0.2, 0.25) is 11.8 Å². The molecule has 29 heavy (non-hydrogen) atoms. The molecule has 5 heteroatoms. The number of hydrogen-bond donors (Lipinski definition) is 1. The van der Waals surface area contributed by atoms with Gasteiger partial charge in [0, 0.05) is 18.1 Å². The van der Waals surface area contributed by atoms with Crippen LogP contribution in [0.25, 0.3) is 0 Å². The average molecular weight is 413 g/mol. The number of halogens is 1. The van der Waals surface area contributed by atoms with Crippen molar-refractivity contribution in [1.29, 1.82) is 0 Å². The molecule has 1 heterocycles. The molecule has 1 aliphatic rings. The number of hydrogen-bond acceptors (Lipinski definition) is 2. The van der Waals surface area contributed by atoms with Crippen LogP contribution in [0.3, 0.4) is 0 Å². The number of nitrogens with one attached hydrogen (secondary N) is 1. The lowest BCUT2D eigenvalue weighted by atomic mass is 9.88. The monoisotopic (exact) mass is 412 g/mol. The highest BCUT2D eigenvalue weighted by Crippen LogP contribution is 2.30. The van der Waals surface area contributed by atoms with Gasteiger partial charge in [0.15, 0.2) is 0 Å². The number of carbonyl (C=O) groups is 2. The van der Waals surface area contributed by atoms with Crippen LogP contribution in [0.5, 0.6) is 0 Å². The van der Waals surface area contributed by atoms with Crippen LogP contribution in [0.15, 0.2) is 54.6 Å². The molecule has 1 atom stereocenters. The molecule has 1 saturated heterocycles. The lowest BCUT2D eigenvalue weighted by molar-refractivity contribution is -0.142. The Morgan fingerprint density at radius 3 is 2.28 bits per heavy atom. The van der Waals surface area contributed by atoms with Crippen LogP contribution in [-0.4, -0.2) is 35.3 Å². The fourth-order valence-electron chi connectivity index (χ4n) is 3.93. The van der Waals surface area contributed by atoms with Crippen LogP contribution >= 0.6 is 11.6 Å². The van der Waals surface area contributed by atoms with Crippen LogP contribution < -0.4 is 5.32 Å². The summed E-state index contributed by atoms with van der Waals surface area (Å²) in [5.41, 5.74) is 1.34. The van der Waals surface area contributed by atoms with Crippen molar-refractivity contribution < 1.29 is 9.59 Å². The molecule has 0 aromatic heterocycles. The van der Waals surface area contributed by atoms with Gasteiger partial charge in [-0.25, -0.2) is 0 Å². The van der Waals surface area contributed by atoms with Crippen LogP contribution in [0.4, 0.5) is 0 Å². The fourth-order valence-corrected chi connectivity index (χ4v) is 4.05. The van der Waals surface area contributed by atoms with Gasteiger partial charge in [-0.3, -0.25) is 9.59 Å². The van der Waals surface area contributed by atoms with Crippen LogP contribution in [0.2, 0.25) is 5.02 Å². The molecule has 154 valence electrons. The van der Waals surface area contributed by atoms with Crippen molar-refractivity contribution >= 4 is 23.4 Å². The molecule has 0 saturated carbocycles. The predicted octanol–water partition coefficient (Wildman–Crippen LogP) is 4.57. The zero-order chi connectivity index (χ0) is 20.9. The first-order valence-electron chi connectivity index (χ1n) is 10.3. The molecular weight excluding hydrogens is 384 g/mol. The Balaban J connectivity index is 1.58. The topological polar surface area (TPSA) is 49.4 Å². The molecule has 0 bridgehead atoms. The van der Waals surface area contributed by atoms with Gasteiger partial charge in [0.25, 0.3) is 0 Å². The molecule has 3 rings (SSSR count). The lowest BCUT2D eigenvalue weighted by Gasteiger charge is -2.38. The van der Waals surface area contributed by atoms with Crippen molar-refractivity contribution in [3.8, 4) is 0 Å². The highest BCUT2D eigenvalue weighted by atomic mass is 35.5. The van der Waals surface area contributed by atoms with Crippen molar-refractivity contribution in [1.82, 2.24) is 10.2 Å². The minimum Gasteiger partial charge on any atom is -0.342 e. The Morgan fingerprint density at radius 2 is 1.69 bits per heavy atom. The van der Waals surface area contributed by atoms with Gasteiger partial charge in [-0.2, -0.15) is 0 Å². The van der Waals surface area contributed by atoms with E-state index in [0.29, 0.717) is 25.4 Å². The van der Waals surface area contributed by atoms with Gasteiger partial charge in [0.1, 0.15) is 5.54 Å². The van der Waals surface area contributed by atoms with E-state index in [1.54, 1.807) is 0 Å². The van der Waals surface area contributed by atoms with Crippen molar-refractivity contribution in [2.75, 3.05) is 13.1 Å². The standard InChI is InChI=1S/C24H29ClN2O2/c1-3-24(2,26-22(28)17-18-7-5-4-6-8-18)23(29)27-15-13-20(14-16-27)19-9-11-21(25)12-10-19/h4-12,20H,3,13-17H2,1-2H3,(H,26,28)/t24-/m1/s1. The summed E-state index contributed by atoms with van der Waals surface area (Å²) in [5.74, 6) is 0.331. The summed E-state index contributed by atoms with van der Waals surface area (Å²) in [6, 6.07) is 17.6. The first kappa shape index (κ1) is 21.4. The molecule has 2 aromatic carbocycles. The number of amides is 2. The fraction of sp³-hybridized carbons (Fsp3) is 0.417. The van der Waals surface area contributed by atoms with Crippen LogP contribution in [0, 0.1) is 0 Å². The number of benzene rings is 2. The molecule has 0 radical (unpaired) electrons. The van der Waals surface area contributed by atoms with E-state index in [0.717, 1.165) is 23.4 Å². The molecule has 4 nitrogen and oxygen atoms in total. The summed E-state index contributed by atoms with van der Waals surface area (Å²) < 4.78 is 0. The largest absolute Gasteiger partial charge is 0.342 e. The van der Waals surface area contributed by atoms with Crippen LogP contribution in [0.1, 0.15) is 50.2 Å². The zero-order valence-corrected chi connectivity index (χ0v) is 17.9. The summed E-state index contributed by atoms with van der Waals surface area (Å²) in [5, 5.41) is 3.73. The predicted molar refractivity (Wildman–Crippen MR) is 117 cm³/mol. The number of rotatable bonds is 6. The van der Waals surface area contributed by atoms with Gasteiger partial charge in [-0.15, -0.1) is 0 Å². The molecule has 0 unspecified atom stereocenters. The van der Waals surface area contributed by atoms with Crippen molar-refractivity contribution in [3.63, 3.8) is 0 Å². The SMILES string of the molecule is CC[C@@](C)(NC(=O)Cc1ccccc1)C(=O)N1CCC(c2ccc(Cl)cc2)CC1. The maximum Gasteiger partial charge on any atom is 0.248 e. The van der Waals surface area contributed by atoms with Gasteiger partial charge < -0.3 is 10.2 Å². The number of piperidine rings is 1. The highest BCUT2D eigenvalue weighted by molar-refractivity contribution is 6.30. The summed E-state index contributed by atoms with van der Waals surface area (Å²) in [6.07, 6.45) is 2.68. The van der Waals surface area contributed by atoms with E-state index < -0.39 is 5.54 Å². The maximum absolute atomic E-state index is 13.2. The van der Waals surface area contributed by atoms with Crippen molar-refractivity contribution in [2.45, 2.75) is 51.0 Å². The summed E-state index contributed by atoms with van der Waals surface area (Å²) >= 11 is 5.99. The summed E-state index contributed by atoms with van der Waals surface area (Å²) in [7, 11) is 0. The molecule has 1 fully saturated rings. The lowest BCUT2D eigenvalue weighted by Crippen LogP contribution is -2.58. The highest BCUT2D eigenvalue weighted by Gasteiger charge is 2.37. The van der Waals surface area contributed by atoms with E-state index in [2.05, 4.69) is 17.4 Å². The number of likely N-dealkylation sites (tertiary alicyclic amines) is 1. The minimum atomic E-state index is -0.876. The second-order valence-corrected chi connectivity index (χ2v) is 8.45. The minimum absolute atomic E-state index is 0.0102. The smallest absolute Gasteiger partial charge is 0.248 e. The van der Waals surface area contributed by atoms with E-state index in [-0.39, 0.29) is 18.2 Å². The molecule has 0 aliphatic carbocycles. The molecule has 0 spiro atoms. The third kappa shape index (κ3) is 5.39. The quantitative estimate of drug-likeness (QED) is 0.755. The van der Waals surface area contributed by atoms with E-state index in [4.69, 9.17) is 11.6 Å². The third-order valence-corrected chi connectivity index (χ3v) is 6.18. The van der Waals surface area contributed by atoms with Gasteiger partial charge >= 0.3 is 0 Å². The first-order valence-corrected chi connectivity index (χ1v) is 10.7. The van der Waals surface area contributed by atoms with Crippen molar-refractivity contribution in [3.05, 3.63) is 70.7 Å². The number of carbonyl (C=O) groups excluding carboxylic acids is 2. The Labute approximate surface area is 178 Å². The first-order chi connectivity index (χ1) is 13.9.